The van der Waals surface area contributed by atoms with E-state index in [4.69, 9.17) is 18.0 Å². The largest absolute Gasteiger partial charge is 0.468 e. The first-order valence-corrected chi connectivity index (χ1v) is 7.60. The minimum atomic E-state index is -0.470. The molecule has 0 unspecified atom stereocenters. The van der Waals surface area contributed by atoms with E-state index in [9.17, 15) is 4.79 Å². The number of rotatable bonds is 7. The molecule has 0 aliphatic rings. The molecule has 6 nitrogen and oxygen atoms in total. The van der Waals surface area contributed by atoms with Gasteiger partial charge in [-0.25, -0.2) is 4.79 Å². The first kappa shape index (κ1) is 16.1. The number of esters is 1. The van der Waals surface area contributed by atoms with E-state index in [0.717, 1.165) is 17.1 Å². The number of hydrogen-bond donors (Lipinski definition) is 0. The van der Waals surface area contributed by atoms with E-state index in [2.05, 4.69) is 4.90 Å². The third-order valence-electron chi connectivity index (χ3n) is 3.64. The van der Waals surface area contributed by atoms with Crippen LogP contribution in [-0.4, -0.2) is 18.0 Å². The average molecular weight is 329 g/mol. The lowest BCUT2D eigenvalue weighted by Crippen LogP contribution is -2.21. The van der Waals surface area contributed by atoms with Gasteiger partial charge in [-0.05, 0) is 37.3 Å². The van der Waals surface area contributed by atoms with Crippen LogP contribution in [0, 0.1) is 6.92 Å². The van der Waals surface area contributed by atoms with Gasteiger partial charge >= 0.3 is 5.97 Å². The second-order valence-corrected chi connectivity index (χ2v) is 5.52. The predicted octanol–water partition coefficient (Wildman–Crippen LogP) is 3.76. The molecule has 24 heavy (non-hydrogen) atoms. The van der Waals surface area contributed by atoms with E-state index < -0.39 is 5.97 Å². The Balaban J connectivity index is 1.76. The zero-order valence-electron chi connectivity index (χ0n) is 13.7. The van der Waals surface area contributed by atoms with Crippen LogP contribution in [0.5, 0.6) is 0 Å². The molecule has 0 radical (unpaired) electrons. The summed E-state index contributed by atoms with van der Waals surface area (Å²) in [6.07, 6.45) is 3.29. The third-order valence-corrected chi connectivity index (χ3v) is 3.64. The van der Waals surface area contributed by atoms with E-state index in [1.165, 1.54) is 7.11 Å². The molecule has 0 bridgehead atoms. The minimum absolute atomic E-state index is 0.239. The molecule has 3 heterocycles. The van der Waals surface area contributed by atoms with Crippen molar-refractivity contribution >= 4 is 5.97 Å². The minimum Gasteiger partial charge on any atom is -0.468 e. The summed E-state index contributed by atoms with van der Waals surface area (Å²) < 4.78 is 21.2. The fourth-order valence-corrected chi connectivity index (χ4v) is 2.56. The van der Waals surface area contributed by atoms with Gasteiger partial charge in [-0.2, -0.15) is 0 Å². The van der Waals surface area contributed by atoms with Crippen molar-refractivity contribution in [1.82, 2.24) is 4.90 Å². The van der Waals surface area contributed by atoms with Gasteiger partial charge in [-0.1, -0.05) is 0 Å². The second kappa shape index (κ2) is 7.23. The first-order chi connectivity index (χ1) is 11.7. The fourth-order valence-electron chi connectivity index (χ4n) is 2.56. The highest BCUT2D eigenvalue weighted by molar-refractivity contribution is 5.87. The molecule has 0 aliphatic carbocycles. The summed E-state index contributed by atoms with van der Waals surface area (Å²) in [5.74, 6) is 2.15. The van der Waals surface area contributed by atoms with E-state index in [1.807, 2.05) is 37.3 Å². The lowest BCUT2D eigenvalue weighted by Gasteiger charge is -2.18. The molecule has 3 aromatic rings. The van der Waals surface area contributed by atoms with Crippen molar-refractivity contribution < 1.29 is 22.8 Å². The van der Waals surface area contributed by atoms with E-state index in [1.54, 1.807) is 12.5 Å². The summed E-state index contributed by atoms with van der Waals surface area (Å²) in [4.78, 5) is 13.8. The van der Waals surface area contributed by atoms with Crippen molar-refractivity contribution in [2.45, 2.75) is 26.6 Å². The molecule has 0 aliphatic heterocycles. The third kappa shape index (κ3) is 3.78. The molecular weight excluding hydrogens is 310 g/mol. The Morgan fingerprint density at radius 1 is 1.04 bits per heavy atom. The molecule has 0 saturated heterocycles. The lowest BCUT2D eigenvalue weighted by molar-refractivity contribution is 0.0559. The Kier molecular flexibility index (Phi) is 4.86. The zero-order valence-corrected chi connectivity index (χ0v) is 13.7. The molecule has 0 N–H and O–H groups in total. The maximum atomic E-state index is 11.7. The van der Waals surface area contributed by atoms with E-state index in [-0.39, 0.29) is 5.76 Å². The standard InChI is InChI=1S/C18H19NO5/c1-13-9-16(24-17(13)18(20)21-2)12-19(10-14-5-3-7-22-14)11-15-6-4-8-23-15/h3-9H,10-12H2,1-2H3. The molecular formula is C18H19NO5. The van der Waals surface area contributed by atoms with Crippen LogP contribution in [0.4, 0.5) is 0 Å². The Hall–Kier alpha value is -2.73. The number of nitrogens with zero attached hydrogens (tertiary/aromatic N) is 1. The molecule has 6 heteroatoms. The number of ether oxygens (including phenoxy) is 1. The number of methoxy groups -OCH3 is 1. The molecule has 0 aromatic carbocycles. The van der Waals surface area contributed by atoms with Gasteiger partial charge in [0.2, 0.25) is 5.76 Å². The molecule has 0 amide bonds. The Bertz CT molecular complexity index is 734. The predicted molar refractivity (Wildman–Crippen MR) is 85.2 cm³/mol. The maximum Gasteiger partial charge on any atom is 0.374 e. The van der Waals surface area contributed by atoms with E-state index >= 15 is 0 Å². The van der Waals surface area contributed by atoms with Crippen LogP contribution in [0.15, 0.2) is 56.1 Å². The number of hydrogen-bond acceptors (Lipinski definition) is 6. The Labute approximate surface area is 139 Å². The summed E-state index contributed by atoms with van der Waals surface area (Å²) in [5, 5.41) is 0. The van der Waals surface area contributed by atoms with Crippen molar-refractivity contribution in [1.29, 1.82) is 0 Å². The van der Waals surface area contributed by atoms with Crippen LogP contribution in [0.1, 0.15) is 33.4 Å². The summed E-state index contributed by atoms with van der Waals surface area (Å²) in [6, 6.07) is 9.40. The van der Waals surface area contributed by atoms with Crippen molar-refractivity contribution in [2.24, 2.45) is 0 Å². The van der Waals surface area contributed by atoms with Gasteiger partial charge in [0.05, 0.1) is 39.3 Å². The summed E-state index contributed by atoms with van der Waals surface area (Å²) in [6.45, 7) is 3.53. The normalized spacial score (nSPS) is 11.1. The Morgan fingerprint density at radius 3 is 2.12 bits per heavy atom. The molecule has 0 fully saturated rings. The first-order valence-electron chi connectivity index (χ1n) is 7.60. The van der Waals surface area contributed by atoms with Crippen LogP contribution < -0.4 is 0 Å². The van der Waals surface area contributed by atoms with Crippen LogP contribution in [0.2, 0.25) is 0 Å². The highest BCUT2D eigenvalue weighted by Crippen LogP contribution is 2.20. The second-order valence-electron chi connectivity index (χ2n) is 5.52. The topological polar surface area (TPSA) is 69.0 Å². The number of carbonyl (C=O) groups is 1. The number of furan rings is 3. The van der Waals surface area contributed by atoms with Crippen LogP contribution >= 0.6 is 0 Å². The number of carbonyl (C=O) groups excluding carboxylic acids is 1. The van der Waals surface area contributed by atoms with Gasteiger partial charge in [0, 0.05) is 5.56 Å². The van der Waals surface area contributed by atoms with Crippen molar-refractivity contribution in [3.05, 3.63) is 71.5 Å². The molecule has 3 aromatic heterocycles. The summed E-state index contributed by atoms with van der Waals surface area (Å²) in [7, 11) is 1.34. The molecule has 126 valence electrons. The van der Waals surface area contributed by atoms with Crippen LogP contribution in [0.3, 0.4) is 0 Å². The monoisotopic (exact) mass is 329 g/mol. The van der Waals surface area contributed by atoms with Gasteiger partial charge in [0.1, 0.15) is 17.3 Å². The average Bonchev–Trinajstić information content (AvgIpc) is 3.30. The highest BCUT2D eigenvalue weighted by Gasteiger charge is 2.19. The molecule has 0 spiro atoms. The van der Waals surface area contributed by atoms with Gasteiger partial charge < -0.3 is 18.0 Å². The van der Waals surface area contributed by atoms with Crippen molar-refractivity contribution in [3.8, 4) is 0 Å². The molecule has 0 atom stereocenters. The Morgan fingerprint density at radius 2 is 1.62 bits per heavy atom. The van der Waals surface area contributed by atoms with Crippen molar-refractivity contribution in [3.63, 3.8) is 0 Å². The summed E-state index contributed by atoms with van der Waals surface area (Å²) >= 11 is 0. The van der Waals surface area contributed by atoms with Gasteiger partial charge in [0.15, 0.2) is 0 Å². The van der Waals surface area contributed by atoms with Gasteiger partial charge in [0.25, 0.3) is 0 Å². The summed E-state index contributed by atoms with van der Waals surface area (Å²) in [5.41, 5.74) is 0.757. The quantitative estimate of drug-likeness (QED) is 0.615. The maximum absolute atomic E-state index is 11.7. The lowest BCUT2D eigenvalue weighted by atomic mass is 10.2. The molecule has 3 rings (SSSR count). The van der Waals surface area contributed by atoms with Crippen LogP contribution in [0.25, 0.3) is 0 Å². The SMILES string of the molecule is COC(=O)c1oc(CN(Cc2ccco2)Cc2ccco2)cc1C. The number of aryl methyl sites for hydroxylation is 1. The van der Waals surface area contributed by atoms with Gasteiger partial charge in [-0.15, -0.1) is 0 Å². The van der Waals surface area contributed by atoms with Crippen molar-refractivity contribution in [2.75, 3.05) is 7.11 Å². The molecule has 0 saturated carbocycles. The zero-order chi connectivity index (χ0) is 16.9. The smallest absolute Gasteiger partial charge is 0.374 e. The van der Waals surface area contributed by atoms with Crippen LogP contribution in [-0.2, 0) is 24.4 Å². The fraction of sp³-hybridized carbons (Fsp3) is 0.278. The van der Waals surface area contributed by atoms with Gasteiger partial charge in [-0.3, -0.25) is 4.90 Å². The van der Waals surface area contributed by atoms with E-state index in [0.29, 0.717) is 25.4 Å². The highest BCUT2D eigenvalue weighted by atomic mass is 16.5.